The van der Waals surface area contributed by atoms with E-state index in [1.165, 1.54) is 43.5 Å². The number of benzene rings is 1. The van der Waals surface area contributed by atoms with Crippen molar-refractivity contribution in [1.82, 2.24) is 10.9 Å². The van der Waals surface area contributed by atoms with Crippen molar-refractivity contribution in [3.8, 4) is 0 Å². The number of hydrogen-bond donors (Lipinski definition) is 3. The molecular weight excluding hydrogens is 391 g/mol. The summed E-state index contributed by atoms with van der Waals surface area (Å²) in [7, 11) is 0. The molecule has 0 heterocycles. The van der Waals surface area contributed by atoms with Crippen LogP contribution in [0.15, 0.2) is 36.0 Å². The zero-order valence-electron chi connectivity index (χ0n) is 18.7. The third kappa shape index (κ3) is 3.40. The predicted octanol–water partition coefficient (Wildman–Crippen LogP) is 4.96. The number of rotatable bonds is 3. The molecule has 5 heteroatoms. The quantitative estimate of drug-likeness (QED) is 0.599. The fourth-order valence-electron chi connectivity index (χ4n) is 7.79. The summed E-state index contributed by atoms with van der Waals surface area (Å²) in [5, 5.41) is 10.2. The van der Waals surface area contributed by atoms with Gasteiger partial charge in [0.25, 0.3) is 5.91 Å². The van der Waals surface area contributed by atoms with Crippen LogP contribution in [0.1, 0.15) is 75.6 Å². The van der Waals surface area contributed by atoms with E-state index in [1.54, 1.807) is 0 Å². The van der Waals surface area contributed by atoms with Gasteiger partial charge in [0.05, 0.1) is 6.10 Å². The lowest BCUT2D eigenvalue weighted by Crippen LogP contribution is -2.54. The van der Waals surface area contributed by atoms with Gasteiger partial charge in [-0.1, -0.05) is 19.9 Å². The molecule has 4 aliphatic rings. The Morgan fingerprint density at radius 3 is 2.61 bits per heavy atom. The molecule has 4 nitrogen and oxygen atoms in total. The zero-order chi connectivity index (χ0) is 21.8. The Kier molecular flexibility index (Phi) is 5.16. The molecule has 0 saturated heterocycles. The predicted molar refractivity (Wildman–Crippen MR) is 118 cm³/mol. The van der Waals surface area contributed by atoms with Gasteiger partial charge >= 0.3 is 0 Å². The Bertz CT molecular complexity index is 884. The van der Waals surface area contributed by atoms with Crippen LogP contribution in [0.4, 0.5) is 4.39 Å². The number of allylic oxidation sites excluding steroid dienone is 2. The summed E-state index contributed by atoms with van der Waals surface area (Å²) in [6.07, 6.45) is 11.2. The summed E-state index contributed by atoms with van der Waals surface area (Å²) in [6, 6.07) is 5.63. The second-order valence-corrected chi connectivity index (χ2v) is 11.0. The minimum absolute atomic E-state index is 0.0641. The minimum atomic E-state index is -0.342. The number of fused-ring (bicyclic) bond motifs is 5. The number of carbonyl (C=O) groups is 1. The largest absolute Gasteiger partial charge is 0.393 e. The van der Waals surface area contributed by atoms with Crippen LogP contribution in [0.3, 0.4) is 0 Å². The lowest BCUT2D eigenvalue weighted by molar-refractivity contribution is -0.118. The first-order valence-corrected chi connectivity index (χ1v) is 12.0. The first-order chi connectivity index (χ1) is 14.8. The number of aliphatic hydroxyl groups excluding tert-OH is 1. The van der Waals surface area contributed by atoms with Crippen molar-refractivity contribution in [2.75, 3.05) is 0 Å². The van der Waals surface area contributed by atoms with E-state index >= 15 is 0 Å². The lowest BCUT2D eigenvalue weighted by atomic mass is 9.45. The van der Waals surface area contributed by atoms with E-state index in [0.29, 0.717) is 22.8 Å². The molecule has 168 valence electrons. The Morgan fingerprint density at radius 1 is 1.06 bits per heavy atom. The van der Waals surface area contributed by atoms with Crippen LogP contribution in [-0.2, 0) is 0 Å². The average Bonchev–Trinajstić information content (AvgIpc) is 3.09. The standard InChI is InChI=1S/C26H35FN2O2/c1-25-13-11-19(30)15-17(25)5-8-20-21-9-10-23(26(21,2)14-12-22(20)25)28-29-24(31)16-3-6-18(27)7-4-16/h3-4,6-7,10,17,19-22,28,30H,5,8-9,11-15H2,1-2H3,(H,29,31). The second kappa shape index (κ2) is 7.61. The number of halogens is 1. The highest BCUT2D eigenvalue weighted by atomic mass is 19.1. The number of nitrogens with one attached hydrogen (secondary N) is 2. The molecule has 0 radical (unpaired) electrons. The number of hydrazine groups is 1. The van der Waals surface area contributed by atoms with E-state index in [-0.39, 0.29) is 23.2 Å². The fraction of sp³-hybridized carbons (Fsp3) is 0.654. The number of hydrogen-bond acceptors (Lipinski definition) is 3. The summed E-state index contributed by atoms with van der Waals surface area (Å²) in [5.74, 6) is 2.17. The number of aliphatic hydroxyl groups is 1. The monoisotopic (exact) mass is 426 g/mol. The van der Waals surface area contributed by atoms with Gasteiger partial charge in [-0.2, -0.15) is 0 Å². The third-order valence-corrected chi connectivity index (χ3v) is 9.64. The van der Waals surface area contributed by atoms with Crippen molar-refractivity contribution in [3.63, 3.8) is 0 Å². The smallest absolute Gasteiger partial charge is 0.269 e. The van der Waals surface area contributed by atoms with Gasteiger partial charge in [-0.15, -0.1) is 0 Å². The molecule has 1 amide bonds. The van der Waals surface area contributed by atoms with Crippen LogP contribution >= 0.6 is 0 Å². The first-order valence-electron chi connectivity index (χ1n) is 12.0. The summed E-state index contributed by atoms with van der Waals surface area (Å²) in [6.45, 7) is 4.87. The maximum atomic E-state index is 13.1. The van der Waals surface area contributed by atoms with Gasteiger partial charge < -0.3 is 10.5 Å². The van der Waals surface area contributed by atoms with Gasteiger partial charge in [0.15, 0.2) is 0 Å². The summed E-state index contributed by atoms with van der Waals surface area (Å²) in [5.41, 5.74) is 8.10. The Labute approximate surface area is 184 Å². The topological polar surface area (TPSA) is 61.4 Å². The molecule has 3 N–H and O–H groups in total. The van der Waals surface area contributed by atoms with Crippen molar-refractivity contribution in [2.24, 2.45) is 34.5 Å². The molecule has 5 rings (SSSR count). The van der Waals surface area contributed by atoms with Crippen LogP contribution < -0.4 is 10.9 Å². The van der Waals surface area contributed by atoms with Crippen LogP contribution in [-0.4, -0.2) is 17.1 Å². The SMILES string of the molecule is CC12CCC3C(CCC4CC(O)CCC43C)C1CC=C2NNC(=O)c1ccc(F)cc1. The average molecular weight is 427 g/mol. The van der Waals surface area contributed by atoms with Crippen LogP contribution in [0.25, 0.3) is 0 Å². The van der Waals surface area contributed by atoms with Crippen LogP contribution in [0, 0.1) is 40.3 Å². The molecule has 1 aromatic rings. The minimum Gasteiger partial charge on any atom is -0.393 e. The van der Waals surface area contributed by atoms with Gasteiger partial charge in [0, 0.05) is 16.7 Å². The van der Waals surface area contributed by atoms with Gasteiger partial charge in [-0.3, -0.25) is 10.2 Å². The van der Waals surface area contributed by atoms with Crippen LogP contribution in [0.5, 0.6) is 0 Å². The molecular formula is C26H35FN2O2. The van der Waals surface area contributed by atoms with Crippen molar-refractivity contribution in [2.45, 2.75) is 71.3 Å². The van der Waals surface area contributed by atoms with Gasteiger partial charge in [-0.05, 0) is 105 Å². The van der Waals surface area contributed by atoms with Gasteiger partial charge in [0.2, 0.25) is 0 Å². The van der Waals surface area contributed by atoms with E-state index in [0.717, 1.165) is 49.6 Å². The van der Waals surface area contributed by atoms with Crippen molar-refractivity contribution >= 4 is 5.91 Å². The Morgan fingerprint density at radius 2 is 1.84 bits per heavy atom. The Balaban J connectivity index is 1.27. The molecule has 4 aliphatic carbocycles. The molecule has 31 heavy (non-hydrogen) atoms. The fourth-order valence-corrected chi connectivity index (χ4v) is 7.79. The molecule has 3 saturated carbocycles. The van der Waals surface area contributed by atoms with Gasteiger partial charge in [0.1, 0.15) is 5.82 Å². The molecule has 1 aromatic carbocycles. The third-order valence-electron chi connectivity index (χ3n) is 9.64. The molecule has 0 aromatic heterocycles. The highest BCUT2D eigenvalue weighted by molar-refractivity contribution is 5.93. The summed E-state index contributed by atoms with van der Waals surface area (Å²) < 4.78 is 13.1. The van der Waals surface area contributed by atoms with Crippen molar-refractivity contribution in [1.29, 1.82) is 0 Å². The zero-order valence-corrected chi connectivity index (χ0v) is 18.7. The molecule has 0 spiro atoms. The Hall–Kier alpha value is -1.88. The first kappa shape index (κ1) is 21.0. The normalized spacial score (nSPS) is 41.4. The second-order valence-electron chi connectivity index (χ2n) is 11.0. The number of amides is 1. The van der Waals surface area contributed by atoms with Crippen molar-refractivity contribution < 1.29 is 14.3 Å². The molecule has 7 atom stereocenters. The molecule has 0 bridgehead atoms. The van der Waals surface area contributed by atoms with Crippen molar-refractivity contribution in [3.05, 3.63) is 47.4 Å². The summed E-state index contributed by atoms with van der Waals surface area (Å²) in [4.78, 5) is 12.5. The maximum absolute atomic E-state index is 13.1. The van der Waals surface area contributed by atoms with E-state index in [2.05, 4.69) is 30.8 Å². The maximum Gasteiger partial charge on any atom is 0.269 e. The molecule has 3 fully saturated rings. The summed E-state index contributed by atoms with van der Waals surface area (Å²) >= 11 is 0. The van der Waals surface area contributed by atoms with E-state index < -0.39 is 0 Å². The van der Waals surface area contributed by atoms with E-state index in [1.807, 2.05) is 0 Å². The molecule has 7 unspecified atom stereocenters. The highest BCUT2D eigenvalue weighted by Gasteiger charge is 2.58. The number of carbonyl (C=O) groups excluding carboxylic acids is 1. The van der Waals surface area contributed by atoms with Gasteiger partial charge in [-0.25, -0.2) is 4.39 Å². The lowest BCUT2D eigenvalue weighted by Gasteiger charge is -2.60. The molecule has 0 aliphatic heterocycles. The highest BCUT2D eigenvalue weighted by Crippen LogP contribution is 2.65. The van der Waals surface area contributed by atoms with Crippen LogP contribution in [0.2, 0.25) is 0 Å². The van der Waals surface area contributed by atoms with E-state index in [4.69, 9.17) is 0 Å². The van der Waals surface area contributed by atoms with E-state index in [9.17, 15) is 14.3 Å².